The molecule has 3 aromatic rings. The number of amides is 2. The van der Waals surface area contributed by atoms with Crippen LogP contribution in [0.3, 0.4) is 0 Å². The Morgan fingerprint density at radius 2 is 1.61 bits per heavy atom. The molecule has 0 heterocycles. The molecule has 1 aliphatic carbocycles. The molecule has 216 valence electrons. The summed E-state index contributed by atoms with van der Waals surface area (Å²) in [4.78, 5) is 37.8. The maximum Gasteiger partial charge on any atom is 0.316 e. The van der Waals surface area contributed by atoms with Crippen LogP contribution in [0.4, 0.5) is 28.9 Å². The number of alkyl halides is 4. The topological polar surface area (TPSA) is 66.5 Å². The zero-order chi connectivity index (χ0) is 30.4. The number of halogens is 9. The Labute approximate surface area is 256 Å². The lowest BCUT2D eigenvalue weighted by Gasteiger charge is -2.19. The summed E-state index contributed by atoms with van der Waals surface area (Å²) >= 11 is 31.0. The Morgan fingerprint density at radius 1 is 0.951 bits per heavy atom. The molecule has 0 aromatic heterocycles. The van der Waals surface area contributed by atoms with Crippen molar-refractivity contribution in [3.05, 3.63) is 91.9 Å². The number of benzene rings is 3. The van der Waals surface area contributed by atoms with Crippen molar-refractivity contribution in [2.45, 2.75) is 23.1 Å². The lowest BCUT2D eigenvalue weighted by molar-refractivity contribution is -0.128. The molecule has 1 N–H and O–H groups in total. The number of nitrogens with one attached hydrogen (secondary N) is 1. The highest BCUT2D eigenvalue weighted by Crippen LogP contribution is 2.65. The van der Waals surface area contributed by atoms with Crippen LogP contribution in [-0.4, -0.2) is 35.4 Å². The van der Waals surface area contributed by atoms with Crippen LogP contribution in [0.1, 0.15) is 27.4 Å². The number of anilines is 2. The fourth-order valence-corrected chi connectivity index (χ4v) is 5.72. The van der Waals surface area contributed by atoms with Crippen molar-refractivity contribution in [2.75, 3.05) is 17.3 Å². The maximum absolute atomic E-state index is 15.1. The van der Waals surface area contributed by atoms with Gasteiger partial charge < -0.3 is 10.2 Å². The Kier molecular flexibility index (Phi) is 9.16. The average molecular weight is 671 g/mol. The van der Waals surface area contributed by atoms with Crippen molar-refractivity contribution < 1.29 is 31.9 Å². The van der Waals surface area contributed by atoms with Crippen molar-refractivity contribution in [3.63, 3.8) is 0 Å². The second-order valence-corrected chi connectivity index (χ2v) is 11.8. The van der Waals surface area contributed by atoms with E-state index in [2.05, 4.69) is 5.32 Å². The molecule has 41 heavy (non-hydrogen) atoms. The lowest BCUT2D eigenvalue weighted by atomic mass is 10.0. The van der Waals surface area contributed by atoms with Gasteiger partial charge in [0.2, 0.25) is 5.91 Å². The van der Waals surface area contributed by atoms with Crippen LogP contribution in [0.5, 0.6) is 0 Å². The molecule has 0 unspecified atom stereocenters. The normalized spacial score (nSPS) is 17.3. The minimum atomic E-state index is -3.50. The third kappa shape index (κ3) is 6.29. The second kappa shape index (κ2) is 12.0. The fourth-order valence-electron chi connectivity index (χ4n) is 4.36. The Hall–Kier alpha value is -2.56. The van der Waals surface area contributed by atoms with Crippen LogP contribution in [0.25, 0.3) is 0 Å². The Balaban J connectivity index is 1.53. The zero-order valence-corrected chi connectivity index (χ0v) is 24.4. The molecule has 2 amide bonds. The van der Waals surface area contributed by atoms with Crippen LogP contribution in [-0.2, 0) is 16.0 Å². The van der Waals surface area contributed by atoms with Crippen LogP contribution in [0.15, 0.2) is 48.5 Å². The van der Waals surface area contributed by atoms with E-state index in [0.717, 1.165) is 19.2 Å². The molecule has 0 saturated heterocycles. The van der Waals surface area contributed by atoms with Crippen molar-refractivity contribution in [3.8, 4) is 0 Å². The van der Waals surface area contributed by atoms with E-state index in [1.165, 1.54) is 18.2 Å². The Morgan fingerprint density at radius 3 is 2.24 bits per heavy atom. The summed E-state index contributed by atoms with van der Waals surface area (Å²) < 4.78 is 53.5. The molecular formula is C27H17Cl5F4N2O3. The van der Waals surface area contributed by atoms with Gasteiger partial charge in [-0.3, -0.25) is 14.4 Å². The molecule has 0 radical (unpaired) electrons. The third-order valence-electron chi connectivity index (χ3n) is 6.52. The number of hydrogen-bond donors (Lipinski definition) is 1. The van der Waals surface area contributed by atoms with E-state index in [0.29, 0.717) is 10.6 Å². The number of ketones is 1. The van der Waals surface area contributed by atoms with Gasteiger partial charge in [-0.2, -0.15) is 8.78 Å². The Bertz CT molecular complexity index is 1570. The SMILES string of the molecule is CN(C(=O)C(F)F)c1c(F)ccc(CC(=O)c2cc(NC(=O)[C@H]3[C@H](c4ccc(Cl)c(Cl)c4)C3(Cl)Cl)ccc2Cl)c1F. The van der Waals surface area contributed by atoms with Crippen LogP contribution in [0, 0.1) is 17.6 Å². The minimum Gasteiger partial charge on any atom is -0.326 e. The average Bonchev–Trinajstić information content (AvgIpc) is 3.49. The summed E-state index contributed by atoms with van der Waals surface area (Å²) in [5, 5.41) is 3.16. The number of carbonyl (C=O) groups excluding carboxylic acids is 3. The highest BCUT2D eigenvalue weighted by atomic mass is 35.5. The number of Topliss-reactive ketones (excluding diaryl/α,β-unsaturated/α-hetero) is 1. The van der Waals surface area contributed by atoms with Gasteiger partial charge in [0.25, 0.3) is 5.91 Å². The van der Waals surface area contributed by atoms with Gasteiger partial charge in [0.05, 0.1) is 21.0 Å². The number of nitrogens with zero attached hydrogens (tertiary/aromatic N) is 1. The first-order chi connectivity index (χ1) is 19.1. The fraction of sp³-hybridized carbons (Fsp3) is 0.222. The van der Waals surface area contributed by atoms with Gasteiger partial charge in [0.15, 0.2) is 11.6 Å². The lowest BCUT2D eigenvalue weighted by Crippen LogP contribution is -2.33. The first-order valence-electron chi connectivity index (χ1n) is 11.6. The van der Waals surface area contributed by atoms with E-state index in [-0.39, 0.29) is 31.8 Å². The molecule has 0 aliphatic heterocycles. The molecule has 0 spiro atoms. The van der Waals surface area contributed by atoms with Gasteiger partial charge in [0, 0.05) is 30.6 Å². The highest BCUT2D eigenvalue weighted by molar-refractivity contribution is 6.53. The molecule has 0 bridgehead atoms. The molecule has 2 atom stereocenters. The van der Waals surface area contributed by atoms with Crippen molar-refractivity contribution in [1.29, 1.82) is 0 Å². The number of carbonyl (C=O) groups is 3. The van der Waals surface area contributed by atoms with Gasteiger partial charge >= 0.3 is 6.43 Å². The van der Waals surface area contributed by atoms with E-state index < -0.39 is 63.9 Å². The zero-order valence-electron chi connectivity index (χ0n) is 20.6. The number of hydrogen-bond acceptors (Lipinski definition) is 3. The van der Waals surface area contributed by atoms with Crippen molar-refractivity contribution in [2.24, 2.45) is 5.92 Å². The van der Waals surface area contributed by atoms with Gasteiger partial charge in [-0.25, -0.2) is 8.78 Å². The minimum absolute atomic E-state index is 0.0372. The van der Waals surface area contributed by atoms with Crippen molar-refractivity contribution in [1.82, 2.24) is 0 Å². The molecule has 1 saturated carbocycles. The van der Waals surface area contributed by atoms with Crippen molar-refractivity contribution >= 4 is 87.0 Å². The first-order valence-corrected chi connectivity index (χ1v) is 13.5. The summed E-state index contributed by atoms with van der Waals surface area (Å²) in [5.74, 6) is -7.24. The predicted octanol–water partition coefficient (Wildman–Crippen LogP) is 8.10. The van der Waals surface area contributed by atoms with E-state index >= 15 is 4.39 Å². The van der Waals surface area contributed by atoms with Crippen LogP contribution in [0.2, 0.25) is 15.1 Å². The monoisotopic (exact) mass is 668 g/mol. The summed E-state index contributed by atoms with van der Waals surface area (Å²) in [6, 6.07) is 10.4. The molecule has 5 nitrogen and oxygen atoms in total. The summed E-state index contributed by atoms with van der Waals surface area (Å²) in [7, 11) is 0.785. The molecule has 1 aliphatic rings. The molecular weight excluding hydrogens is 654 g/mol. The largest absolute Gasteiger partial charge is 0.326 e. The van der Waals surface area contributed by atoms with Gasteiger partial charge in [-0.05, 0) is 47.5 Å². The highest BCUT2D eigenvalue weighted by Gasteiger charge is 2.67. The molecule has 14 heteroatoms. The smallest absolute Gasteiger partial charge is 0.316 e. The summed E-state index contributed by atoms with van der Waals surface area (Å²) in [6.07, 6.45) is -4.17. The van der Waals surface area contributed by atoms with Crippen LogP contribution >= 0.6 is 58.0 Å². The molecule has 1 fully saturated rings. The maximum atomic E-state index is 15.1. The predicted molar refractivity (Wildman–Crippen MR) is 151 cm³/mol. The van der Waals surface area contributed by atoms with Gasteiger partial charge in [-0.15, -0.1) is 23.2 Å². The summed E-state index contributed by atoms with van der Waals surface area (Å²) in [6.45, 7) is 0. The standard InChI is InChI=1S/C27H17Cl5F4N2O3/c1-38(26(41)24(35)36)23-18(33)7-3-12(22(23)34)9-19(39)14-10-13(4-6-15(14)28)37-25(40)21-20(27(21,31)32)11-2-5-16(29)17(30)8-11/h2-8,10,20-21,24H,9H2,1H3,(H,37,40)/t20-,21+/m0/s1. The van der Waals surface area contributed by atoms with Gasteiger partial charge in [0.1, 0.15) is 15.8 Å². The molecule has 3 aromatic carbocycles. The summed E-state index contributed by atoms with van der Waals surface area (Å²) in [5.41, 5.74) is -0.777. The quantitative estimate of drug-likeness (QED) is 0.150. The number of rotatable bonds is 8. The third-order valence-corrected chi connectivity index (χ3v) is 8.53. The van der Waals surface area contributed by atoms with E-state index in [1.54, 1.807) is 18.2 Å². The van der Waals surface area contributed by atoms with Crippen LogP contribution < -0.4 is 10.2 Å². The van der Waals surface area contributed by atoms with E-state index in [4.69, 9.17) is 58.0 Å². The van der Waals surface area contributed by atoms with E-state index in [9.17, 15) is 27.6 Å². The second-order valence-electron chi connectivity index (χ2n) is 9.15. The first kappa shape index (κ1) is 31.4. The van der Waals surface area contributed by atoms with E-state index in [1.807, 2.05) is 0 Å². The molecule has 4 rings (SSSR count). The van der Waals surface area contributed by atoms with Gasteiger partial charge in [-0.1, -0.05) is 46.9 Å².